The van der Waals surface area contributed by atoms with Gasteiger partial charge in [0.05, 0.1) is 49.1 Å². The summed E-state index contributed by atoms with van der Waals surface area (Å²) in [4.78, 5) is 12.0. The van der Waals surface area contributed by atoms with E-state index in [0.29, 0.717) is 23.8 Å². The van der Waals surface area contributed by atoms with Crippen LogP contribution in [-0.2, 0) is 17.8 Å². The van der Waals surface area contributed by atoms with Gasteiger partial charge >= 0.3 is 5.97 Å². The first kappa shape index (κ1) is 19.6. The molecule has 0 saturated carbocycles. The van der Waals surface area contributed by atoms with E-state index in [-0.39, 0.29) is 5.97 Å². The number of nitrogens with zero attached hydrogens (tertiary/aromatic N) is 2. The standard InChI is InChI=1S/C20H22N4O3S/c1-13-18(22-20(28)21-11-16-8-6-10-27-16)14(2)24(23-13)12-15-7-4-5-9-17(15)19(25)26-3/h4-10H,11-12H2,1-3H3,(H2,21,22,28). The number of methoxy groups -OCH3 is 1. The number of anilines is 1. The third-order valence-electron chi connectivity index (χ3n) is 4.37. The van der Waals surface area contributed by atoms with E-state index >= 15 is 0 Å². The molecule has 2 aromatic heterocycles. The molecule has 2 heterocycles. The summed E-state index contributed by atoms with van der Waals surface area (Å²) in [7, 11) is 1.38. The SMILES string of the molecule is COC(=O)c1ccccc1Cn1nc(C)c(NC(=S)NCc2ccco2)c1C. The summed E-state index contributed by atoms with van der Waals surface area (Å²) in [6, 6.07) is 11.1. The van der Waals surface area contributed by atoms with Gasteiger partial charge in [-0.3, -0.25) is 4.68 Å². The number of aryl methyl sites for hydroxylation is 1. The number of thiocarbonyl (C=S) groups is 1. The molecule has 0 saturated heterocycles. The summed E-state index contributed by atoms with van der Waals surface area (Å²) in [5.41, 5.74) is 3.94. The monoisotopic (exact) mass is 398 g/mol. The highest BCUT2D eigenvalue weighted by molar-refractivity contribution is 7.80. The van der Waals surface area contributed by atoms with Crippen LogP contribution in [0.15, 0.2) is 47.1 Å². The number of carbonyl (C=O) groups is 1. The Labute approximate surface area is 168 Å². The minimum absolute atomic E-state index is 0.362. The molecule has 0 atom stereocenters. The maximum atomic E-state index is 12.0. The van der Waals surface area contributed by atoms with Crippen molar-refractivity contribution >= 4 is 29.0 Å². The fraction of sp³-hybridized carbons (Fsp3) is 0.250. The molecule has 0 aliphatic rings. The smallest absolute Gasteiger partial charge is 0.338 e. The Bertz CT molecular complexity index is 980. The van der Waals surface area contributed by atoms with Gasteiger partial charge in [0.1, 0.15) is 5.76 Å². The highest BCUT2D eigenvalue weighted by Gasteiger charge is 2.16. The van der Waals surface area contributed by atoms with Gasteiger partial charge in [-0.25, -0.2) is 4.79 Å². The average molecular weight is 398 g/mol. The van der Waals surface area contributed by atoms with Gasteiger partial charge in [0.2, 0.25) is 0 Å². The van der Waals surface area contributed by atoms with Crippen LogP contribution in [0.1, 0.15) is 33.1 Å². The molecule has 3 aromatic rings. The molecule has 28 heavy (non-hydrogen) atoms. The number of carbonyl (C=O) groups excluding carboxylic acids is 1. The second-order valence-corrected chi connectivity index (χ2v) is 6.65. The maximum Gasteiger partial charge on any atom is 0.338 e. The van der Waals surface area contributed by atoms with Crippen molar-refractivity contribution in [1.29, 1.82) is 0 Å². The lowest BCUT2D eigenvalue weighted by molar-refractivity contribution is 0.0599. The Morgan fingerprint density at radius 2 is 2.04 bits per heavy atom. The third-order valence-corrected chi connectivity index (χ3v) is 4.61. The van der Waals surface area contributed by atoms with Crippen molar-refractivity contribution in [2.24, 2.45) is 0 Å². The molecule has 0 aliphatic carbocycles. The number of hydrogen-bond donors (Lipinski definition) is 2. The second kappa shape index (κ2) is 8.71. The first-order valence-electron chi connectivity index (χ1n) is 8.77. The quantitative estimate of drug-likeness (QED) is 0.486. The predicted octanol–water partition coefficient (Wildman–Crippen LogP) is 3.41. The lowest BCUT2D eigenvalue weighted by Crippen LogP contribution is -2.28. The molecule has 2 N–H and O–H groups in total. The summed E-state index contributed by atoms with van der Waals surface area (Å²) < 4.78 is 12.0. The fourth-order valence-corrected chi connectivity index (χ4v) is 3.07. The lowest BCUT2D eigenvalue weighted by atomic mass is 10.1. The van der Waals surface area contributed by atoms with Crippen LogP contribution < -0.4 is 10.6 Å². The van der Waals surface area contributed by atoms with Crippen LogP contribution in [0.4, 0.5) is 5.69 Å². The maximum absolute atomic E-state index is 12.0. The summed E-state index contributed by atoms with van der Waals surface area (Å²) in [5, 5.41) is 11.4. The molecular formula is C20H22N4O3S. The molecule has 0 aliphatic heterocycles. The molecule has 1 aromatic carbocycles. The van der Waals surface area contributed by atoms with Crippen molar-refractivity contribution in [2.45, 2.75) is 26.9 Å². The predicted molar refractivity (Wildman–Crippen MR) is 110 cm³/mol. The van der Waals surface area contributed by atoms with Crippen molar-refractivity contribution in [3.05, 3.63) is 70.9 Å². The van der Waals surface area contributed by atoms with Crippen LogP contribution in [0.5, 0.6) is 0 Å². The molecule has 0 amide bonds. The van der Waals surface area contributed by atoms with Gasteiger partial charge in [-0.2, -0.15) is 5.10 Å². The van der Waals surface area contributed by atoms with E-state index in [4.69, 9.17) is 21.4 Å². The van der Waals surface area contributed by atoms with Crippen LogP contribution in [0.25, 0.3) is 0 Å². The lowest BCUT2D eigenvalue weighted by Gasteiger charge is -2.11. The number of hydrogen-bond acceptors (Lipinski definition) is 5. The van der Waals surface area contributed by atoms with Gasteiger partial charge < -0.3 is 19.8 Å². The summed E-state index contributed by atoms with van der Waals surface area (Å²) in [5.74, 6) is 0.437. The molecular weight excluding hydrogens is 376 g/mol. The molecule has 0 radical (unpaired) electrons. The van der Waals surface area contributed by atoms with E-state index < -0.39 is 0 Å². The number of nitrogens with one attached hydrogen (secondary N) is 2. The Hall–Kier alpha value is -3.13. The number of aromatic nitrogens is 2. The topological polar surface area (TPSA) is 81.3 Å². The van der Waals surface area contributed by atoms with Gasteiger partial charge in [-0.05, 0) is 49.8 Å². The van der Waals surface area contributed by atoms with Crippen LogP contribution in [0, 0.1) is 13.8 Å². The number of rotatable bonds is 6. The molecule has 0 fully saturated rings. The van der Waals surface area contributed by atoms with Gasteiger partial charge in [0, 0.05) is 0 Å². The zero-order chi connectivity index (χ0) is 20.1. The van der Waals surface area contributed by atoms with Gasteiger partial charge in [-0.15, -0.1) is 0 Å². The van der Waals surface area contributed by atoms with Crippen molar-refractivity contribution < 1.29 is 13.9 Å². The number of furan rings is 1. The van der Waals surface area contributed by atoms with Crippen LogP contribution in [0.2, 0.25) is 0 Å². The van der Waals surface area contributed by atoms with Crippen LogP contribution in [0.3, 0.4) is 0 Å². The highest BCUT2D eigenvalue weighted by Crippen LogP contribution is 2.21. The van der Waals surface area contributed by atoms with E-state index in [9.17, 15) is 4.79 Å². The normalized spacial score (nSPS) is 10.5. The largest absolute Gasteiger partial charge is 0.467 e. The van der Waals surface area contributed by atoms with Crippen LogP contribution >= 0.6 is 12.2 Å². The number of ether oxygens (including phenoxy) is 1. The summed E-state index contributed by atoms with van der Waals surface area (Å²) in [6.45, 7) is 4.81. The van der Waals surface area contributed by atoms with E-state index in [1.165, 1.54) is 7.11 Å². The van der Waals surface area contributed by atoms with Gasteiger partial charge in [0.15, 0.2) is 5.11 Å². The highest BCUT2D eigenvalue weighted by atomic mass is 32.1. The van der Waals surface area contributed by atoms with E-state index in [2.05, 4.69) is 15.7 Å². The van der Waals surface area contributed by atoms with E-state index in [1.54, 1.807) is 12.3 Å². The van der Waals surface area contributed by atoms with Crippen molar-refractivity contribution in [3.63, 3.8) is 0 Å². The zero-order valence-corrected chi connectivity index (χ0v) is 16.8. The van der Waals surface area contributed by atoms with Crippen molar-refractivity contribution in [2.75, 3.05) is 12.4 Å². The molecule has 0 unspecified atom stereocenters. The molecule has 0 spiro atoms. The second-order valence-electron chi connectivity index (χ2n) is 6.24. The molecule has 0 bridgehead atoms. The van der Waals surface area contributed by atoms with Gasteiger partial charge in [0.25, 0.3) is 0 Å². The van der Waals surface area contributed by atoms with E-state index in [0.717, 1.165) is 28.4 Å². The third kappa shape index (κ3) is 4.40. The Kier molecular flexibility index (Phi) is 6.10. The van der Waals surface area contributed by atoms with Gasteiger partial charge in [-0.1, -0.05) is 18.2 Å². The molecule has 3 rings (SSSR count). The molecule has 8 heteroatoms. The minimum Gasteiger partial charge on any atom is -0.467 e. The average Bonchev–Trinajstić information content (AvgIpc) is 3.30. The van der Waals surface area contributed by atoms with Crippen LogP contribution in [-0.4, -0.2) is 28.0 Å². The fourth-order valence-electron chi connectivity index (χ4n) is 2.90. The Morgan fingerprint density at radius 3 is 2.75 bits per heavy atom. The van der Waals surface area contributed by atoms with Crippen molar-refractivity contribution in [3.8, 4) is 0 Å². The molecule has 7 nitrogen and oxygen atoms in total. The summed E-state index contributed by atoms with van der Waals surface area (Å²) >= 11 is 5.38. The number of esters is 1. The first-order valence-corrected chi connectivity index (χ1v) is 9.18. The Morgan fingerprint density at radius 1 is 1.25 bits per heavy atom. The minimum atomic E-state index is -0.362. The van der Waals surface area contributed by atoms with Crippen molar-refractivity contribution in [1.82, 2.24) is 15.1 Å². The first-order chi connectivity index (χ1) is 13.5. The Balaban J connectivity index is 1.73. The number of benzene rings is 1. The molecule has 146 valence electrons. The van der Waals surface area contributed by atoms with E-state index in [1.807, 2.05) is 48.9 Å². The summed E-state index contributed by atoms with van der Waals surface area (Å²) in [6.07, 6.45) is 1.62. The zero-order valence-electron chi connectivity index (χ0n) is 16.0.